The Morgan fingerprint density at radius 2 is 1.88 bits per heavy atom. The van der Waals surface area contributed by atoms with E-state index in [2.05, 4.69) is 0 Å². The molecule has 0 saturated carbocycles. The number of aliphatic hydroxyl groups is 1. The van der Waals surface area contributed by atoms with Crippen LogP contribution in [0, 0.1) is 0 Å². The van der Waals surface area contributed by atoms with E-state index < -0.39 is 0 Å². The number of aliphatic hydroxyl groups excluding tert-OH is 1. The van der Waals surface area contributed by atoms with Crippen LogP contribution in [-0.4, -0.2) is 29.8 Å². The van der Waals surface area contributed by atoms with Crippen molar-refractivity contribution in [3.05, 3.63) is 0 Å². The molecule has 0 aromatic heterocycles. The monoisotopic (exact) mass is 153 g/mol. The summed E-state index contributed by atoms with van der Waals surface area (Å²) < 4.78 is 0. The fourth-order valence-electron chi connectivity index (χ4n) is 0.203. The summed E-state index contributed by atoms with van der Waals surface area (Å²) in [6, 6.07) is 0. The largest absolute Gasteiger partial charge is 0.395 e. The molecule has 0 saturated heterocycles. The van der Waals surface area contributed by atoms with Gasteiger partial charge in [0.25, 0.3) is 0 Å². The van der Waals surface area contributed by atoms with E-state index in [1.807, 2.05) is 0 Å². The lowest BCUT2D eigenvalue weighted by Gasteiger charge is -1.93. The zero-order chi connectivity index (χ0) is 6.24. The number of nitrogens with two attached hydrogens (primary N) is 1. The van der Waals surface area contributed by atoms with Gasteiger partial charge in [-0.1, -0.05) is 21.6 Å². The maximum Gasteiger partial charge on any atom is 0.0530 e. The van der Waals surface area contributed by atoms with Gasteiger partial charge >= 0.3 is 0 Å². The lowest BCUT2D eigenvalue weighted by molar-refractivity contribution is 0.323. The van der Waals surface area contributed by atoms with Crippen LogP contribution in [0.15, 0.2) is 0 Å². The molecular formula is C4H11NOS2. The van der Waals surface area contributed by atoms with E-state index in [1.165, 1.54) is 0 Å². The van der Waals surface area contributed by atoms with E-state index in [1.54, 1.807) is 21.6 Å². The Balaban J connectivity index is 2.53. The number of hydrogen-bond acceptors (Lipinski definition) is 4. The summed E-state index contributed by atoms with van der Waals surface area (Å²) in [5.74, 6) is 1.79. The van der Waals surface area contributed by atoms with E-state index in [9.17, 15) is 0 Å². The number of hydrogen-bond donors (Lipinski definition) is 2. The molecule has 0 unspecified atom stereocenters. The molecule has 50 valence electrons. The average molecular weight is 153 g/mol. The van der Waals surface area contributed by atoms with Crippen LogP contribution in [0.2, 0.25) is 0 Å². The van der Waals surface area contributed by atoms with Crippen molar-refractivity contribution in [1.29, 1.82) is 0 Å². The van der Waals surface area contributed by atoms with Crippen molar-refractivity contribution in [3.63, 3.8) is 0 Å². The SMILES string of the molecule is NCCSSCCO. The van der Waals surface area contributed by atoms with Gasteiger partial charge in [-0.25, -0.2) is 0 Å². The molecule has 0 amide bonds. The first kappa shape index (κ1) is 8.62. The second kappa shape index (κ2) is 7.62. The Morgan fingerprint density at radius 1 is 1.25 bits per heavy atom. The van der Waals surface area contributed by atoms with Crippen LogP contribution in [0.25, 0.3) is 0 Å². The highest BCUT2D eigenvalue weighted by Gasteiger charge is 1.84. The van der Waals surface area contributed by atoms with Gasteiger partial charge in [0, 0.05) is 18.1 Å². The Kier molecular flexibility index (Phi) is 8.21. The van der Waals surface area contributed by atoms with Crippen LogP contribution in [-0.2, 0) is 0 Å². The summed E-state index contributed by atoms with van der Waals surface area (Å²) in [7, 11) is 3.37. The van der Waals surface area contributed by atoms with Crippen LogP contribution in [0.3, 0.4) is 0 Å². The highest BCUT2D eigenvalue weighted by Crippen LogP contribution is 2.18. The highest BCUT2D eigenvalue weighted by molar-refractivity contribution is 8.76. The second-order valence-corrected chi connectivity index (χ2v) is 3.86. The number of rotatable bonds is 5. The van der Waals surface area contributed by atoms with Gasteiger partial charge in [0.1, 0.15) is 0 Å². The normalized spacial score (nSPS) is 9.75. The molecule has 3 N–H and O–H groups in total. The van der Waals surface area contributed by atoms with Crippen LogP contribution in [0.1, 0.15) is 0 Å². The van der Waals surface area contributed by atoms with Crippen molar-refractivity contribution in [1.82, 2.24) is 0 Å². The molecule has 0 rings (SSSR count). The molecule has 0 bridgehead atoms. The Labute approximate surface area is 57.6 Å². The average Bonchev–Trinajstić information content (AvgIpc) is 1.81. The van der Waals surface area contributed by atoms with E-state index in [4.69, 9.17) is 10.8 Å². The quantitative estimate of drug-likeness (QED) is 0.441. The van der Waals surface area contributed by atoms with Gasteiger partial charge in [-0.2, -0.15) is 0 Å². The van der Waals surface area contributed by atoms with Gasteiger partial charge < -0.3 is 10.8 Å². The lowest BCUT2D eigenvalue weighted by Crippen LogP contribution is -2.00. The fourth-order valence-corrected chi connectivity index (χ4v) is 1.83. The Bertz CT molecular complexity index is 39.0. The zero-order valence-corrected chi connectivity index (χ0v) is 6.30. The minimum absolute atomic E-state index is 0.266. The van der Waals surface area contributed by atoms with Crippen LogP contribution < -0.4 is 5.73 Å². The molecule has 8 heavy (non-hydrogen) atoms. The van der Waals surface area contributed by atoms with Gasteiger partial charge in [-0.15, -0.1) is 0 Å². The van der Waals surface area contributed by atoms with E-state index in [0.29, 0.717) is 0 Å². The van der Waals surface area contributed by atoms with Gasteiger partial charge in [0.05, 0.1) is 6.61 Å². The van der Waals surface area contributed by atoms with Crippen molar-refractivity contribution in [3.8, 4) is 0 Å². The molecule has 0 spiro atoms. The summed E-state index contributed by atoms with van der Waals surface area (Å²) in [5.41, 5.74) is 5.21. The zero-order valence-electron chi connectivity index (χ0n) is 4.67. The molecule has 0 aliphatic heterocycles. The predicted molar refractivity (Wildman–Crippen MR) is 41.1 cm³/mol. The molecule has 0 aromatic rings. The van der Waals surface area contributed by atoms with E-state index in [-0.39, 0.29) is 6.61 Å². The standard InChI is InChI=1S/C4H11NOS2/c5-1-3-7-8-4-2-6/h6H,1-5H2. The van der Waals surface area contributed by atoms with Crippen LogP contribution in [0.4, 0.5) is 0 Å². The van der Waals surface area contributed by atoms with Crippen molar-refractivity contribution >= 4 is 21.6 Å². The molecule has 2 nitrogen and oxygen atoms in total. The topological polar surface area (TPSA) is 46.2 Å². The molecule has 0 fully saturated rings. The van der Waals surface area contributed by atoms with Gasteiger partial charge in [-0.05, 0) is 0 Å². The minimum Gasteiger partial charge on any atom is -0.395 e. The van der Waals surface area contributed by atoms with E-state index in [0.717, 1.165) is 18.1 Å². The van der Waals surface area contributed by atoms with Gasteiger partial charge in [-0.3, -0.25) is 0 Å². The third-order valence-corrected chi connectivity index (χ3v) is 2.88. The molecule has 0 aromatic carbocycles. The first-order valence-electron chi connectivity index (χ1n) is 2.47. The maximum absolute atomic E-state index is 8.30. The molecule has 0 radical (unpaired) electrons. The summed E-state index contributed by atoms with van der Waals surface area (Å²) >= 11 is 0. The molecule has 0 aliphatic rings. The van der Waals surface area contributed by atoms with Gasteiger partial charge in [0.2, 0.25) is 0 Å². The molecule has 0 heterocycles. The summed E-state index contributed by atoms with van der Waals surface area (Å²) in [5, 5.41) is 8.30. The first-order chi connectivity index (χ1) is 3.91. The van der Waals surface area contributed by atoms with Crippen molar-refractivity contribution < 1.29 is 5.11 Å². The second-order valence-electron chi connectivity index (χ2n) is 1.16. The molecule has 0 atom stereocenters. The van der Waals surface area contributed by atoms with Crippen molar-refractivity contribution in [2.24, 2.45) is 5.73 Å². The van der Waals surface area contributed by atoms with Crippen molar-refractivity contribution in [2.75, 3.05) is 24.7 Å². The van der Waals surface area contributed by atoms with E-state index >= 15 is 0 Å². The molecule has 0 aliphatic carbocycles. The lowest BCUT2D eigenvalue weighted by atomic mass is 10.8. The summed E-state index contributed by atoms with van der Waals surface area (Å²) in [4.78, 5) is 0. The molecule has 4 heteroatoms. The Morgan fingerprint density at radius 3 is 2.38 bits per heavy atom. The predicted octanol–water partition coefficient (Wildman–Crippen LogP) is 0.319. The summed E-state index contributed by atoms with van der Waals surface area (Å²) in [6.45, 7) is 0.991. The minimum atomic E-state index is 0.266. The van der Waals surface area contributed by atoms with Crippen LogP contribution >= 0.6 is 21.6 Å². The molecular weight excluding hydrogens is 142 g/mol. The fraction of sp³-hybridized carbons (Fsp3) is 1.00. The smallest absolute Gasteiger partial charge is 0.0530 e. The Hall–Kier alpha value is 0.620. The highest BCUT2D eigenvalue weighted by atomic mass is 33.1. The maximum atomic E-state index is 8.30. The van der Waals surface area contributed by atoms with Gasteiger partial charge in [0.15, 0.2) is 0 Å². The van der Waals surface area contributed by atoms with Crippen LogP contribution in [0.5, 0.6) is 0 Å². The third-order valence-electron chi connectivity index (χ3n) is 0.459. The third kappa shape index (κ3) is 6.62. The first-order valence-corrected chi connectivity index (χ1v) is 4.96. The summed E-state index contributed by atoms with van der Waals surface area (Å²) in [6.07, 6.45) is 0. The van der Waals surface area contributed by atoms with Crippen molar-refractivity contribution in [2.45, 2.75) is 0 Å².